The molecule has 0 radical (unpaired) electrons. The molecule has 1 aliphatic rings. The van der Waals surface area contributed by atoms with Crippen molar-refractivity contribution in [2.24, 2.45) is 5.92 Å². The highest BCUT2D eigenvalue weighted by Gasteiger charge is 2.36. The summed E-state index contributed by atoms with van der Waals surface area (Å²) in [6, 6.07) is 0. The Hall–Kier alpha value is -1.43. The van der Waals surface area contributed by atoms with Gasteiger partial charge in [0, 0.05) is 12.3 Å². The van der Waals surface area contributed by atoms with Crippen LogP contribution in [-0.2, 0) is 19.1 Å². The molecule has 1 fully saturated rings. The fraction of sp³-hybridized carbons (Fsp3) is 0.727. The Labute approximate surface area is 99.5 Å². The van der Waals surface area contributed by atoms with Gasteiger partial charge in [-0.2, -0.15) is 0 Å². The Bertz CT molecular complexity index is 328. The van der Waals surface area contributed by atoms with E-state index >= 15 is 0 Å². The van der Waals surface area contributed by atoms with E-state index in [0.29, 0.717) is 0 Å². The molecule has 1 rings (SSSR count). The lowest BCUT2D eigenvalue weighted by Crippen LogP contribution is -2.38. The van der Waals surface area contributed by atoms with Gasteiger partial charge in [-0.1, -0.05) is 6.92 Å². The first kappa shape index (κ1) is 13.6. The van der Waals surface area contributed by atoms with E-state index in [9.17, 15) is 19.5 Å². The number of likely N-dealkylation sites (tertiary alicyclic amines) is 1. The van der Waals surface area contributed by atoms with Gasteiger partial charge < -0.3 is 9.84 Å². The number of amides is 2. The zero-order valence-electron chi connectivity index (χ0n) is 10.0. The predicted octanol–water partition coefficient (Wildman–Crippen LogP) is -0.304. The summed E-state index contributed by atoms with van der Waals surface area (Å²) in [7, 11) is 0. The SMILES string of the molecule is CCOC(=O)CC(O)CN1C(=O)CC(C)C1=O. The van der Waals surface area contributed by atoms with Gasteiger partial charge in [0.1, 0.15) is 0 Å². The summed E-state index contributed by atoms with van der Waals surface area (Å²) in [6.45, 7) is 3.43. The molecule has 1 saturated heterocycles. The average molecular weight is 243 g/mol. The molecule has 1 aliphatic heterocycles. The largest absolute Gasteiger partial charge is 0.466 e. The van der Waals surface area contributed by atoms with Gasteiger partial charge in [0.15, 0.2) is 0 Å². The molecule has 2 atom stereocenters. The number of aliphatic hydroxyl groups is 1. The highest BCUT2D eigenvalue weighted by Crippen LogP contribution is 2.19. The zero-order chi connectivity index (χ0) is 13.0. The van der Waals surface area contributed by atoms with Crippen LogP contribution in [-0.4, -0.2) is 47.0 Å². The highest BCUT2D eigenvalue weighted by atomic mass is 16.5. The van der Waals surface area contributed by atoms with E-state index in [2.05, 4.69) is 4.74 Å². The van der Waals surface area contributed by atoms with E-state index in [4.69, 9.17) is 0 Å². The van der Waals surface area contributed by atoms with Crippen molar-refractivity contribution in [2.45, 2.75) is 32.8 Å². The number of carbonyl (C=O) groups is 3. The molecular weight excluding hydrogens is 226 g/mol. The van der Waals surface area contributed by atoms with Crippen LogP contribution in [0.5, 0.6) is 0 Å². The maximum atomic E-state index is 11.5. The normalized spacial score (nSPS) is 21.8. The van der Waals surface area contributed by atoms with Gasteiger partial charge in [-0.3, -0.25) is 19.3 Å². The van der Waals surface area contributed by atoms with Crippen LogP contribution < -0.4 is 0 Å². The van der Waals surface area contributed by atoms with Gasteiger partial charge in [0.25, 0.3) is 0 Å². The Morgan fingerprint density at radius 1 is 1.59 bits per heavy atom. The second-order valence-electron chi connectivity index (χ2n) is 4.11. The maximum absolute atomic E-state index is 11.5. The van der Waals surface area contributed by atoms with Crippen LogP contribution >= 0.6 is 0 Å². The van der Waals surface area contributed by atoms with E-state index < -0.39 is 12.1 Å². The smallest absolute Gasteiger partial charge is 0.308 e. The Balaban J connectivity index is 2.46. The maximum Gasteiger partial charge on any atom is 0.308 e. The van der Waals surface area contributed by atoms with Crippen LogP contribution in [0.15, 0.2) is 0 Å². The number of esters is 1. The van der Waals surface area contributed by atoms with E-state index in [1.54, 1.807) is 13.8 Å². The summed E-state index contributed by atoms with van der Waals surface area (Å²) in [6.07, 6.45) is -1.10. The van der Waals surface area contributed by atoms with Crippen molar-refractivity contribution in [3.63, 3.8) is 0 Å². The third-order valence-electron chi connectivity index (χ3n) is 2.57. The molecule has 2 unspecified atom stereocenters. The molecule has 0 aromatic carbocycles. The number of carbonyl (C=O) groups excluding carboxylic acids is 3. The first-order chi connectivity index (χ1) is 7.95. The number of rotatable bonds is 5. The lowest BCUT2D eigenvalue weighted by atomic mass is 10.1. The predicted molar refractivity (Wildman–Crippen MR) is 57.8 cm³/mol. The van der Waals surface area contributed by atoms with E-state index in [1.165, 1.54) is 0 Å². The standard InChI is InChI=1S/C11H17NO5/c1-3-17-10(15)5-8(13)6-12-9(14)4-7(2)11(12)16/h7-8,13H,3-6H2,1-2H3. The fourth-order valence-electron chi connectivity index (χ4n) is 1.73. The molecule has 6 heteroatoms. The lowest BCUT2D eigenvalue weighted by molar-refractivity contribution is -0.148. The van der Waals surface area contributed by atoms with Crippen LogP contribution in [0, 0.1) is 5.92 Å². The molecule has 17 heavy (non-hydrogen) atoms. The Morgan fingerprint density at radius 2 is 2.24 bits per heavy atom. The number of ether oxygens (including phenoxy) is 1. The molecule has 6 nitrogen and oxygen atoms in total. The summed E-state index contributed by atoms with van der Waals surface area (Å²) >= 11 is 0. The third-order valence-corrected chi connectivity index (χ3v) is 2.57. The monoisotopic (exact) mass is 243 g/mol. The fourth-order valence-corrected chi connectivity index (χ4v) is 1.73. The van der Waals surface area contributed by atoms with E-state index in [0.717, 1.165) is 4.90 Å². The molecule has 0 saturated carbocycles. The van der Waals surface area contributed by atoms with Crippen LogP contribution in [0.2, 0.25) is 0 Å². The van der Waals surface area contributed by atoms with Crippen LogP contribution in [0.25, 0.3) is 0 Å². The quantitative estimate of drug-likeness (QED) is 0.529. The summed E-state index contributed by atoms with van der Waals surface area (Å²) in [5, 5.41) is 9.58. The molecule has 0 aliphatic carbocycles. The molecule has 2 amide bonds. The molecule has 0 bridgehead atoms. The van der Waals surface area contributed by atoms with Gasteiger partial charge in [0.05, 0.1) is 25.7 Å². The zero-order valence-corrected chi connectivity index (χ0v) is 10.0. The summed E-state index contributed by atoms with van der Waals surface area (Å²) in [4.78, 5) is 35.1. The van der Waals surface area contributed by atoms with E-state index in [1.807, 2.05) is 0 Å². The number of aliphatic hydroxyl groups excluding tert-OH is 1. The Kier molecular flexibility index (Phi) is 4.62. The number of hydrogen-bond donors (Lipinski definition) is 1. The number of nitrogens with zero attached hydrogens (tertiary/aromatic N) is 1. The van der Waals surface area contributed by atoms with Crippen LogP contribution in [0.3, 0.4) is 0 Å². The third kappa shape index (κ3) is 3.52. The molecule has 96 valence electrons. The second-order valence-corrected chi connectivity index (χ2v) is 4.11. The summed E-state index contributed by atoms with van der Waals surface area (Å²) in [5.74, 6) is -1.47. The van der Waals surface area contributed by atoms with Crippen molar-refractivity contribution in [1.82, 2.24) is 4.90 Å². The minimum absolute atomic E-state index is 0.138. The number of imide groups is 1. The molecule has 1 heterocycles. The lowest BCUT2D eigenvalue weighted by Gasteiger charge is -2.18. The van der Waals surface area contributed by atoms with Crippen molar-refractivity contribution >= 4 is 17.8 Å². The molecule has 0 spiro atoms. The van der Waals surface area contributed by atoms with Gasteiger partial charge in [-0.15, -0.1) is 0 Å². The first-order valence-electron chi connectivity index (χ1n) is 5.63. The van der Waals surface area contributed by atoms with Crippen molar-refractivity contribution in [2.75, 3.05) is 13.2 Å². The minimum Gasteiger partial charge on any atom is -0.466 e. The van der Waals surface area contributed by atoms with Gasteiger partial charge in [-0.25, -0.2) is 0 Å². The first-order valence-corrected chi connectivity index (χ1v) is 5.63. The van der Waals surface area contributed by atoms with Crippen molar-refractivity contribution in [3.8, 4) is 0 Å². The van der Waals surface area contributed by atoms with Gasteiger partial charge in [-0.05, 0) is 6.92 Å². The molecule has 0 aromatic rings. The van der Waals surface area contributed by atoms with Crippen molar-refractivity contribution in [3.05, 3.63) is 0 Å². The van der Waals surface area contributed by atoms with Gasteiger partial charge in [0.2, 0.25) is 11.8 Å². The number of β-amino-alcohol motifs (C(OH)–C–C–N with tert-alkyl or cyclic N) is 1. The topological polar surface area (TPSA) is 83.9 Å². The molecule has 0 aromatic heterocycles. The summed E-state index contributed by atoms with van der Waals surface area (Å²) < 4.78 is 4.66. The average Bonchev–Trinajstić information content (AvgIpc) is 2.45. The Morgan fingerprint density at radius 3 is 2.71 bits per heavy atom. The van der Waals surface area contributed by atoms with Crippen LogP contribution in [0.4, 0.5) is 0 Å². The highest BCUT2D eigenvalue weighted by molar-refractivity contribution is 6.03. The van der Waals surface area contributed by atoms with Crippen molar-refractivity contribution in [1.29, 1.82) is 0 Å². The molecule has 1 N–H and O–H groups in total. The van der Waals surface area contributed by atoms with Crippen molar-refractivity contribution < 1.29 is 24.2 Å². The van der Waals surface area contributed by atoms with E-state index in [-0.39, 0.29) is 43.7 Å². The molecular formula is C11H17NO5. The number of hydrogen-bond acceptors (Lipinski definition) is 5. The van der Waals surface area contributed by atoms with Crippen LogP contribution in [0.1, 0.15) is 26.7 Å². The summed E-state index contributed by atoms with van der Waals surface area (Å²) in [5.41, 5.74) is 0. The minimum atomic E-state index is -1.06. The second kappa shape index (κ2) is 5.77. The van der Waals surface area contributed by atoms with Gasteiger partial charge >= 0.3 is 5.97 Å².